The Morgan fingerprint density at radius 1 is 1.14 bits per heavy atom. The van der Waals surface area contributed by atoms with Crippen molar-refractivity contribution in [3.05, 3.63) is 75.2 Å². The molecule has 3 nitrogen and oxygen atoms in total. The lowest BCUT2D eigenvalue weighted by Crippen LogP contribution is -2.07. The topological polar surface area (TPSA) is 38.7 Å². The Kier molecular flexibility index (Phi) is 3.96. The molecule has 110 valence electrons. The molecule has 0 saturated heterocycles. The van der Waals surface area contributed by atoms with Crippen molar-refractivity contribution in [1.29, 1.82) is 0 Å². The summed E-state index contributed by atoms with van der Waals surface area (Å²) in [6.45, 7) is 0. The lowest BCUT2D eigenvalue weighted by molar-refractivity contribution is -0.129. The van der Waals surface area contributed by atoms with Crippen molar-refractivity contribution in [3.63, 3.8) is 0 Å². The zero-order chi connectivity index (χ0) is 15.7. The van der Waals surface area contributed by atoms with Crippen LogP contribution in [0.15, 0.2) is 53.2 Å². The molecule has 22 heavy (non-hydrogen) atoms. The fraction of sp³-hybridized carbons (Fsp3) is 0. The van der Waals surface area contributed by atoms with Gasteiger partial charge in [-0.15, -0.1) is 0 Å². The number of hydrogen-bond donors (Lipinski definition) is 0. The Bertz CT molecular complexity index is 831. The minimum absolute atomic E-state index is 0.0440. The minimum Gasteiger partial charge on any atom is -0.402 e. The van der Waals surface area contributed by atoms with Crippen molar-refractivity contribution in [2.45, 2.75) is 0 Å². The molecule has 0 bridgehead atoms. The maximum Gasteiger partial charge on any atom is 0.363 e. The molecule has 1 heterocycles. The number of carbonyl (C=O) groups excluding carboxylic acids is 1. The first-order chi connectivity index (χ1) is 10.5. The monoisotopic (exact) mass is 335 g/mol. The lowest BCUT2D eigenvalue weighted by atomic mass is 10.2. The third kappa shape index (κ3) is 2.89. The summed E-state index contributed by atoms with van der Waals surface area (Å²) in [5, 5.41) is 0.860. The Balaban J connectivity index is 2.00. The second kappa shape index (κ2) is 5.91. The molecule has 0 amide bonds. The standard InChI is InChI=1S/C16H8Cl2FNO2/c17-10-6-5-9(12(18)8-10)7-14-16(21)22-15(20-14)11-3-1-2-4-13(11)19/h1-8H/b14-7-. The molecule has 0 fully saturated rings. The predicted molar refractivity (Wildman–Crippen MR) is 83.5 cm³/mol. The largest absolute Gasteiger partial charge is 0.402 e. The van der Waals surface area contributed by atoms with E-state index in [9.17, 15) is 9.18 Å². The molecule has 3 rings (SSSR count). The molecule has 2 aromatic rings. The van der Waals surface area contributed by atoms with Crippen molar-refractivity contribution in [3.8, 4) is 0 Å². The number of nitrogens with zero attached hydrogens (tertiary/aromatic N) is 1. The van der Waals surface area contributed by atoms with Crippen LogP contribution in [-0.2, 0) is 9.53 Å². The van der Waals surface area contributed by atoms with E-state index in [1.165, 1.54) is 18.2 Å². The molecule has 0 unspecified atom stereocenters. The molecular formula is C16H8Cl2FNO2. The van der Waals surface area contributed by atoms with Crippen LogP contribution in [0.3, 0.4) is 0 Å². The SMILES string of the molecule is O=C1OC(c2ccccc2F)=N/C1=C\c1ccc(Cl)cc1Cl. The number of carbonyl (C=O) groups is 1. The summed E-state index contributed by atoms with van der Waals surface area (Å²) in [5.41, 5.74) is 0.737. The highest BCUT2D eigenvalue weighted by molar-refractivity contribution is 6.35. The highest BCUT2D eigenvalue weighted by atomic mass is 35.5. The van der Waals surface area contributed by atoms with E-state index in [1.54, 1.807) is 30.3 Å². The Hall–Kier alpha value is -2.17. The van der Waals surface area contributed by atoms with Crippen LogP contribution in [0.2, 0.25) is 10.0 Å². The van der Waals surface area contributed by atoms with Crippen LogP contribution >= 0.6 is 23.2 Å². The fourth-order valence-electron chi connectivity index (χ4n) is 1.92. The van der Waals surface area contributed by atoms with E-state index in [1.807, 2.05) is 0 Å². The average Bonchev–Trinajstić information content (AvgIpc) is 2.83. The number of esters is 1. The van der Waals surface area contributed by atoms with E-state index in [0.717, 1.165) is 0 Å². The van der Waals surface area contributed by atoms with Gasteiger partial charge in [-0.1, -0.05) is 41.4 Å². The maximum atomic E-state index is 13.7. The summed E-state index contributed by atoms with van der Waals surface area (Å²) in [6.07, 6.45) is 1.47. The van der Waals surface area contributed by atoms with Gasteiger partial charge in [0.25, 0.3) is 0 Å². The van der Waals surface area contributed by atoms with E-state index in [4.69, 9.17) is 27.9 Å². The van der Waals surface area contributed by atoms with E-state index in [-0.39, 0.29) is 17.2 Å². The van der Waals surface area contributed by atoms with Crippen LogP contribution in [0.5, 0.6) is 0 Å². The first-order valence-corrected chi connectivity index (χ1v) is 7.03. The van der Waals surface area contributed by atoms with Crippen LogP contribution in [-0.4, -0.2) is 11.9 Å². The average molecular weight is 336 g/mol. The predicted octanol–water partition coefficient (Wildman–Crippen LogP) is 4.48. The number of benzene rings is 2. The van der Waals surface area contributed by atoms with Gasteiger partial charge in [-0.25, -0.2) is 14.2 Å². The second-order valence-corrected chi connectivity index (χ2v) is 5.33. The third-order valence-corrected chi connectivity index (χ3v) is 3.54. The van der Waals surface area contributed by atoms with Gasteiger partial charge in [0.15, 0.2) is 5.70 Å². The number of cyclic esters (lactones) is 1. The lowest BCUT2D eigenvalue weighted by Gasteiger charge is -1.99. The van der Waals surface area contributed by atoms with E-state index < -0.39 is 11.8 Å². The smallest absolute Gasteiger partial charge is 0.363 e. The second-order valence-electron chi connectivity index (χ2n) is 4.48. The Morgan fingerprint density at radius 2 is 1.91 bits per heavy atom. The summed E-state index contributed by atoms with van der Waals surface area (Å²) < 4.78 is 18.7. The van der Waals surface area contributed by atoms with Crippen molar-refractivity contribution >= 4 is 41.1 Å². The normalized spacial score (nSPS) is 15.9. The highest BCUT2D eigenvalue weighted by Gasteiger charge is 2.26. The van der Waals surface area contributed by atoms with Crippen molar-refractivity contribution in [2.24, 2.45) is 4.99 Å². The van der Waals surface area contributed by atoms with Gasteiger partial charge in [0.05, 0.1) is 5.56 Å². The maximum absolute atomic E-state index is 13.7. The quantitative estimate of drug-likeness (QED) is 0.599. The molecule has 0 radical (unpaired) electrons. The molecule has 0 atom stereocenters. The first-order valence-electron chi connectivity index (χ1n) is 6.27. The van der Waals surface area contributed by atoms with Crippen LogP contribution in [0.25, 0.3) is 6.08 Å². The molecule has 0 spiro atoms. The van der Waals surface area contributed by atoms with Crippen molar-refractivity contribution in [2.75, 3.05) is 0 Å². The molecule has 0 saturated carbocycles. The van der Waals surface area contributed by atoms with E-state index in [2.05, 4.69) is 4.99 Å². The van der Waals surface area contributed by atoms with Gasteiger partial charge in [-0.05, 0) is 35.9 Å². The first kappa shape index (κ1) is 14.8. The van der Waals surface area contributed by atoms with Crippen LogP contribution in [0.4, 0.5) is 4.39 Å². The summed E-state index contributed by atoms with van der Waals surface area (Å²) >= 11 is 11.9. The van der Waals surface area contributed by atoms with Gasteiger partial charge < -0.3 is 4.74 Å². The number of halogens is 3. The van der Waals surface area contributed by atoms with E-state index in [0.29, 0.717) is 15.6 Å². The summed E-state index contributed by atoms with van der Waals surface area (Å²) in [6, 6.07) is 10.8. The molecule has 0 aliphatic carbocycles. The summed E-state index contributed by atoms with van der Waals surface area (Å²) in [7, 11) is 0. The van der Waals surface area contributed by atoms with Gasteiger partial charge in [0.1, 0.15) is 5.82 Å². The number of aliphatic imine (C=N–C) groups is 1. The van der Waals surface area contributed by atoms with Crippen molar-refractivity contribution < 1.29 is 13.9 Å². The van der Waals surface area contributed by atoms with Gasteiger partial charge in [0, 0.05) is 10.0 Å². The van der Waals surface area contributed by atoms with Crippen LogP contribution in [0, 0.1) is 5.82 Å². The Labute approximate surface area is 135 Å². The molecule has 2 aromatic carbocycles. The van der Waals surface area contributed by atoms with Crippen LogP contribution in [0.1, 0.15) is 11.1 Å². The zero-order valence-electron chi connectivity index (χ0n) is 11.0. The van der Waals surface area contributed by atoms with Crippen molar-refractivity contribution in [1.82, 2.24) is 0 Å². The van der Waals surface area contributed by atoms with Crippen LogP contribution < -0.4 is 0 Å². The minimum atomic E-state index is -0.663. The van der Waals surface area contributed by atoms with Gasteiger partial charge in [-0.3, -0.25) is 0 Å². The Morgan fingerprint density at radius 3 is 2.64 bits per heavy atom. The zero-order valence-corrected chi connectivity index (χ0v) is 12.5. The number of ether oxygens (including phenoxy) is 1. The highest BCUT2D eigenvalue weighted by Crippen LogP contribution is 2.26. The van der Waals surface area contributed by atoms with Gasteiger partial charge in [-0.2, -0.15) is 0 Å². The fourth-order valence-corrected chi connectivity index (χ4v) is 2.39. The molecule has 1 aliphatic rings. The summed E-state index contributed by atoms with van der Waals surface area (Å²) in [5.74, 6) is -1.25. The summed E-state index contributed by atoms with van der Waals surface area (Å²) in [4.78, 5) is 15.9. The number of rotatable bonds is 2. The number of hydrogen-bond acceptors (Lipinski definition) is 3. The van der Waals surface area contributed by atoms with Gasteiger partial charge >= 0.3 is 5.97 Å². The molecule has 0 N–H and O–H groups in total. The molecule has 6 heteroatoms. The van der Waals surface area contributed by atoms with E-state index >= 15 is 0 Å². The third-order valence-electron chi connectivity index (χ3n) is 2.98. The van der Waals surface area contributed by atoms with Gasteiger partial charge in [0.2, 0.25) is 5.90 Å². The molecule has 1 aliphatic heterocycles. The molecular weight excluding hydrogens is 328 g/mol. The molecule has 0 aromatic heterocycles.